The molecular weight excluding hydrogens is 387 g/mol. The van der Waals surface area contributed by atoms with Crippen LogP contribution in [0.3, 0.4) is 0 Å². The third kappa shape index (κ3) is 5.47. The maximum atomic E-state index is 13.8. The van der Waals surface area contributed by atoms with Crippen molar-refractivity contribution >= 4 is 35.2 Å². The molecule has 1 N–H and O–H groups in total. The Labute approximate surface area is 167 Å². The highest BCUT2D eigenvalue weighted by Crippen LogP contribution is 2.20. The van der Waals surface area contributed by atoms with Crippen molar-refractivity contribution in [1.82, 2.24) is 10.2 Å². The lowest BCUT2D eigenvalue weighted by atomic mass is 10.0. The van der Waals surface area contributed by atoms with Gasteiger partial charge in [0.15, 0.2) is 0 Å². The quantitative estimate of drug-likeness (QED) is 0.764. The van der Waals surface area contributed by atoms with Gasteiger partial charge >= 0.3 is 0 Å². The summed E-state index contributed by atoms with van der Waals surface area (Å²) in [4.78, 5) is 27.2. The number of piperidine rings is 1. The van der Waals surface area contributed by atoms with E-state index in [9.17, 15) is 14.0 Å². The summed E-state index contributed by atoms with van der Waals surface area (Å²) >= 11 is 7.30. The molecule has 0 radical (unpaired) electrons. The summed E-state index contributed by atoms with van der Waals surface area (Å²) in [5.74, 6) is -0.502. The second-order valence-electron chi connectivity index (χ2n) is 6.36. The summed E-state index contributed by atoms with van der Waals surface area (Å²) in [6.45, 7) is 1.00. The van der Waals surface area contributed by atoms with Crippen molar-refractivity contribution in [2.45, 2.75) is 23.8 Å². The van der Waals surface area contributed by atoms with Crippen LogP contribution >= 0.6 is 23.4 Å². The molecule has 0 spiro atoms. The van der Waals surface area contributed by atoms with Gasteiger partial charge in [0.2, 0.25) is 5.91 Å². The Morgan fingerprint density at radius 2 is 1.78 bits per heavy atom. The van der Waals surface area contributed by atoms with Gasteiger partial charge in [-0.15, -0.1) is 11.8 Å². The minimum atomic E-state index is -0.503. The van der Waals surface area contributed by atoms with E-state index in [-0.39, 0.29) is 23.4 Å². The maximum absolute atomic E-state index is 13.8. The molecule has 2 aromatic carbocycles. The molecule has 1 fully saturated rings. The molecule has 0 atom stereocenters. The number of thioether (sulfide) groups is 1. The maximum Gasteiger partial charge on any atom is 0.256 e. The van der Waals surface area contributed by atoms with Gasteiger partial charge in [-0.2, -0.15) is 0 Å². The van der Waals surface area contributed by atoms with Crippen LogP contribution in [0.15, 0.2) is 53.4 Å². The van der Waals surface area contributed by atoms with Gasteiger partial charge in [0.1, 0.15) is 5.82 Å². The van der Waals surface area contributed by atoms with Gasteiger partial charge in [0.25, 0.3) is 5.91 Å². The Bertz CT molecular complexity index is 808. The minimum absolute atomic E-state index is 0.0335. The topological polar surface area (TPSA) is 49.4 Å². The van der Waals surface area contributed by atoms with E-state index in [4.69, 9.17) is 11.6 Å². The minimum Gasteiger partial charge on any atom is -0.353 e. The van der Waals surface area contributed by atoms with Gasteiger partial charge in [-0.3, -0.25) is 9.59 Å². The van der Waals surface area contributed by atoms with E-state index in [1.807, 2.05) is 12.1 Å². The van der Waals surface area contributed by atoms with Crippen molar-refractivity contribution in [3.63, 3.8) is 0 Å². The number of halogens is 2. The van der Waals surface area contributed by atoms with Gasteiger partial charge in [0, 0.05) is 29.0 Å². The Morgan fingerprint density at radius 3 is 2.44 bits per heavy atom. The Kier molecular flexibility index (Phi) is 6.74. The standard InChI is InChI=1S/C20H20ClFN2O2S/c21-14-5-7-16(8-6-14)27-13-19(25)23-15-9-11-24(12-10-15)20(26)17-3-1-2-4-18(17)22/h1-8,15H,9-13H2,(H,23,25). The second-order valence-corrected chi connectivity index (χ2v) is 7.84. The molecule has 2 aromatic rings. The Hall–Kier alpha value is -2.05. The number of nitrogens with zero attached hydrogens (tertiary/aromatic N) is 1. The molecular formula is C20H20ClFN2O2S. The third-order valence-electron chi connectivity index (χ3n) is 4.44. The van der Waals surface area contributed by atoms with Crippen LogP contribution in [0.25, 0.3) is 0 Å². The summed E-state index contributed by atoms with van der Waals surface area (Å²) in [6.07, 6.45) is 1.33. The first-order valence-corrected chi connectivity index (χ1v) is 10.1. The lowest BCUT2D eigenvalue weighted by molar-refractivity contribution is -0.119. The second kappa shape index (κ2) is 9.24. The van der Waals surface area contributed by atoms with E-state index in [0.717, 1.165) is 4.90 Å². The summed E-state index contributed by atoms with van der Waals surface area (Å²) in [6, 6.07) is 13.4. The van der Waals surface area contributed by atoms with Crippen LogP contribution in [0.5, 0.6) is 0 Å². The van der Waals surface area contributed by atoms with E-state index in [0.29, 0.717) is 36.7 Å². The summed E-state index contributed by atoms with van der Waals surface area (Å²) in [5, 5.41) is 3.68. The number of carbonyl (C=O) groups excluding carboxylic acids is 2. The smallest absolute Gasteiger partial charge is 0.256 e. The number of hydrogen-bond acceptors (Lipinski definition) is 3. The Balaban J connectivity index is 1.43. The molecule has 0 saturated carbocycles. The fourth-order valence-electron chi connectivity index (χ4n) is 2.98. The average molecular weight is 407 g/mol. The predicted octanol–water partition coefficient (Wildman–Crippen LogP) is 3.99. The first-order chi connectivity index (χ1) is 13.0. The van der Waals surface area contributed by atoms with Crippen LogP contribution in [-0.4, -0.2) is 41.6 Å². The molecule has 0 aliphatic carbocycles. The summed E-state index contributed by atoms with van der Waals surface area (Å²) in [5.41, 5.74) is 0.0966. The van der Waals surface area contributed by atoms with Crippen molar-refractivity contribution in [3.8, 4) is 0 Å². The van der Waals surface area contributed by atoms with Crippen LogP contribution in [0.2, 0.25) is 5.02 Å². The number of rotatable bonds is 5. The zero-order valence-electron chi connectivity index (χ0n) is 14.7. The molecule has 27 heavy (non-hydrogen) atoms. The molecule has 1 aliphatic heterocycles. The monoisotopic (exact) mass is 406 g/mol. The fourth-order valence-corrected chi connectivity index (χ4v) is 3.82. The van der Waals surface area contributed by atoms with Gasteiger partial charge < -0.3 is 10.2 Å². The largest absolute Gasteiger partial charge is 0.353 e. The van der Waals surface area contributed by atoms with Gasteiger partial charge in [-0.05, 0) is 49.2 Å². The number of hydrogen-bond donors (Lipinski definition) is 1. The van der Waals surface area contributed by atoms with Crippen LogP contribution in [0.1, 0.15) is 23.2 Å². The number of amides is 2. The first kappa shape index (κ1) is 19.7. The molecule has 0 aromatic heterocycles. The van der Waals surface area contributed by atoms with Crippen LogP contribution in [0.4, 0.5) is 4.39 Å². The molecule has 4 nitrogen and oxygen atoms in total. The molecule has 7 heteroatoms. The van der Waals surface area contributed by atoms with E-state index in [1.165, 1.54) is 23.9 Å². The number of carbonyl (C=O) groups is 2. The fraction of sp³-hybridized carbons (Fsp3) is 0.300. The molecule has 0 bridgehead atoms. The molecule has 142 valence electrons. The molecule has 1 aliphatic rings. The van der Waals surface area contributed by atoms with Gasteiger partial charge in [-0.1, -0.05) is 23.7 Å². The van der Waals surface area contributed by atoms with Crippen molar-refractivity contribution in [2.24, 2.45) is 0 Å². The van der Waals surface area contributed by atoms with Crippen molar-refractivity contribution in [1.29, 1.82) is 0 Å². The SMILES string of the molecule is O=C(CSc1ccc(Cl)cc1)NC1CCN(C(=O)c2ccccc2F)CC1. The van der Waals surface area contributed by atoms with E-state index in [2.05, 4.69) is 5.32 Å². The summed E-state index contributed by atoms with van der Waals surface area (Å²) < 4.78 is 13.8. The lowest BCUT2D eigenvalue weighted by Crippen LogP contribution is -2.47. The van der Waals surface area contributed by atoms with E-state index >= 15 is 0 Å². The summed E-state index contributed by atoms with van der Waals surface area (Å²) in [7, 11) is 0. The highest BCUT2D eigenvalue weighted by molar-refractivity contribution is 8.00. The van der Waals surface area contributed by atoms with Crippen LogP contribution in [-0.2, 0) is 4.79 Å². The average Bonchev–Trinajstić information content (AvgIpc) is 2.68. The highest BCUT2D eigenvalue weighted by atomic mass is 35.5. The lowest BCUT2D eigenvalue weighted by Gasteiger charge is -2.32. The molecule has 0 unspecified atom stereocenters. The number of likely N-dealkylation sites (tertiary alicyclic amines) is 1. The molecule has 1 heterocycles. The molecule has 3 rings (SSSR count). The zero-order chi connectivity index (χ0) is 19.2. The van der Waals surface area contributed by atoms with Gasteiger partial charge in [-0.25, -0.2) is 4.39 Å². The van der Waals surface area contributed by atoms with Gasteiger partial charge in [0.05, 0.1) is 11.3 Å². The predicted molar refractivity (Wildman–Crippen MR) is 106 cm³/mol. The molecule has 2 amide bonds. The van der Waals surface area contributed by atoms with E-state index < -0.39 is 5.82 Å². The highest BCUT2D eigenvalue weighted by Gasteiger charge is 2.25. The first-order valence-electron chi connectivity index (χ1n) is 8.74. The van der Waals surface area contributed by atoms with Crippen molar-refractivity contribution in [3.05, 3.63) is 64.9 Å². The Morgan fingerprint density at radius 1 is 1.11 bits per heavy atom. The third-order valence-corrected chi connectivity index (χ3v) is 5.70. The van der Waals surface area contributed by atoms with Crippen LogP contribution < -0.4 is 5.32 Å². The zero-order valence-corrected chi connectivity index (χ0v) is 16.2. The molecule has 1 saturated heterocycles. The number of benzene rings is 2. The normalized spacial score (nSPS) is 14.8. The van der Waals surface area contributed by atoms with Crippen LogP contribution in [0, 0.1) is 5.82 Å². The van der Waals surface area contributed by atoms with E-state index in [1.54, 1.807) is 29.2 Å². The van der Waals surface area contributed by atoms with Crippen molar-refractivity contribution in [2.75, 3.05) is 18.8 Å². The number of nitrogens with one attached hydrogen (secondary N) is 1. The van der Waals surface area contributed by atoms with Crippen molar-refractivity contribution < 1.29 is 14.0 Å².